The minimum atomic E-state index is -0.859. The highest BCUT2D eigenvalue weighted by molar-refractivity contribution is 5.70. The summed E-state index contributed by atoms with van der Waals surface area (Å²) >= 11 is 0. The lowest BCUT2D eigenvalue weighted by atomic mass is 9.89. The van der Waals surface area contributed by atoms with Gasteiger partial charge in [-0.1, -0.05) is 12.8 Å². The minimum Gasteiger partial charge on any atom is -0.481 e. The lowest BCUT2D eigenvalue weighted by molar-refractivity contribution is -0.149. The molecule has 4 unspecified atom stereocenters. The van der Waals surface area contributed by atoms with Crippen molar-refractivity contribution >= 4 is 5.97 Å². The van der Waals surface area contributed by atoms with Crippen LogP contribution in [0.5, 0.6) is 0 Å². The Labute approximate surface area is 195 Å². The van der Waals surface area contributed by atoms with Crippen molar-refractivity contribution in [3.05, 3.63) is 0 Å². The van der Waals surface area contributed by atoms with Gasteiger partial charge in [0.1, 0.15) is 12.3 Å². The average Bonchev–Trinajstić information content (AvgIpc) is 2.79. The standard InChI is InChI=1S/C22H50N6O4/c1-24-14-8-6-12-19(26-3)21(32-23)18(22(29)30)11-5-10-16-28-17-31-20(27-4)13-7-9-15-25-2/h18-21,24-28H,5-17,23H2,1-4H3,(H,29,30). The van der Waals surface area contributed by atoms with Crippen molar-refractivity contribution in [2.24, 2.45) is 11.8 Å². The van der Waals surface area contributed by atoms with Gasteiger partial charge in [-0.05, 0) is 92.8 Å². The molecule has 0 rings (SSSR count). The monoisotopic (exact) mass is 462 g/mol. The molecule has 0 saturated heterocycles. The van der Waals surface area contributed by atoms with Crippen LogP contribution in [0.4, 0.5) is 0 Å². The van der Waals surface area contributed by atoms with Crippen molar-refractivity contribution < 1.29 is 19.5 Å². The molecule has 0 radical (unpaired) electrons. The van der Waals surface area contributed by atoms with E-state index < -0.39 is 18.0 Å². The maximum absolute atomic E-state index is 11.9. The van der Waals surface area contributed by atoms with Gasteiger partial charge in [0, 0.05) is 6.04 Å². The van der Waals surface area contributed by atoms with E-state index >= 15 is 0 Å². The number of hydrogen-bond acceptors (Lipinski definition) is 9. The Hall–Kier alpha value is -0.850. The highest BCUT2D eigenvalue weighted by Crippen LogP contribution is 2.21. The summed E-state index contributed by atoms with van der Waals surface area (Å²) in [7, 11) is 7.62. The van der Waals surface area contributed by atoms with Crippen molar-refractivity contribution in [1.29, 1.82) is 0 Å². The van der Waals surface area contributed by atoms with E-state index in [9.17, 15) is 9.90 Å². The summed E-state index contributed by atoms with van der Waals surface area (Å²) in [6.45, 7) is 3.21. The van der Waals surface area contributed by atoms with E-state index in [0.29, 0.717) is 13.2 Å². The Morgan fingerprint density at radius 3 is 1.97 bits per heavy atom. The molecule has 0 aliphatic heterocycles. The Morgan fingerprint density at radius 2 is 1.44 bits per heavy atom. The van der Waals surface area contributed by atoms with Crippen LogP contribution in [-0.2, 0) is 14.4 Å². The fourth-order valence-electron chi connectivity index (χ4n) is 3.83. The molecule has 0 aromatic rings. The summed E-state index contributed by atoms with van der Waals surface area (Å²) in [5, 5.41) is 25.7. The first-order chi connectivity index (χ1) is 15.5. The largest absolute Gasteiger partial charge is 0.481 e. The number of hydrogen-bond donors (Lipinski definition) is 7. The second-order valence-electron chi connectivity index (χ2n) is 8.22. The van der Waals surface area contributed by atoms with E-state index in [-0.39, 0.29) is 12.3 Å². The summed E-state index contributed by atoms with van der Waals surface area (Å²) < 4.78 is 5.81. The van der Waals surface area contributed by atoms with Crippen molar-refractivity contribution in [3.63, 3.8) is 0 Å². The van der Waals surface area contributed by atoms with Crippen LogP contribution in [0.25, 0.3) is 0 Å². The van der Waals surface area contributed by atoms with Gasteiger partial charge in [0.15, 0.2) is 0 Å². The molecule has 10 nitrogen and oxygen atoms in total. The predicted octanol–water partition coefficient (Wildman–Crippen LogP) is 0.593. The van der Waals surface area contributed by atoms with Crippen LogP contribution in [0, 0.1) is 5.92 Å². The molecule has 0 saturated carbocycles. The topological polar surface area (TPSA) is 142 Å². The van der Waals surface area contributed by atoms with Crippen molar-refractivity contribution in [2.75, 3.05) is 54.6 Å². The van der Waals surface area contributed by atoms with Gasteiger partial charge >= 0.3 is 5.97 Å². The second kappa shape index (κ2) is 22.0. The van der Waals surface area contributed by atoms with Gasteiger partial charge in [-0.3, -0.25) is 20.3 Å². The van der Waals surface area contributed by atoms with Gasteiger partial charge in [-0.15, -0.1) is 0 Å². The number of nitrogens with one attached hydrogen (secondary N) is 5. The van der Waals surface area contributed by atoms with Crippen LogP contribution in [0.15, 0.2) is 0 Å². The first-order valence-corrected chi connectivity index (χ1v) is 12.1. The van der Waals surface area contributed by atoms with Gasteiger partial charge in [-0.2, -0.15) is 0 Å². The number of ether oxygens (including phenoxy) is 1. The summed E-state index contributed by atoms with van der Waals surface area (Å²) in [5.74, 6) is 4.03. The van der Waals surface area contributed by atoms with Gasteiger partial charge in [0.2, 0.25) is 0 Å². The molecule has 0 spiro atoms. The number of carboxylic acids is 1. The summed E-state index contributed by atoms with van der Waals surface area (Å²) in [5.41, 5.74) is 0. The molecule has 0 bridgehead atoms. The molecule has 0 aromatic carbocycles. The predicted molar refractivity (Wildman–Crippen MR) is 129 cm³/mol. The van der Waals surface area contributed by atoms with Crippen LogP contribution in [0.3, 0.4) is 0 Å². The Balaban J connectivity index is 4.23. The van der Waals surface area contributed by atoms with E-state index in [1.54, 1.807) is 0 Å². The molecule has 10 heteroatoms. The van der Waals surface area contributed by atoms with E-state index in [0.717, 1.165) is 71.0 Å². The third kappa shape index (κ3) is 15.1. The molecule has 0 amide bonds. The molecule has 4 atom stereocenters. The third-order valence-electron chi connectivity index (χ3n) is 5.80. The number of aliphatic carboxylic acids is 1. The molecule has 0 aliphatic rings. The average molecular weight is 463 g/mol. The van der Waals surface area contributed by atoms with Gasteiger partial charge in [0.05, 0.1) is 12.6 Å². The Morgan fingerprint density at radius 1 is 0.844 bits per heavy atom. The molecular weight excluding hydrogens is 412 g/mol. The van der Waals surface area contributed by atoms with Crippen molar-refractivity contribution in [3.8, 4) is 0 Å². The fourth-order valence-corrected chi connectivity index (χ4v) is 3.83. The van der Waals surface area contributed by atoms with Gasteiger partial charge in [-0.25, -0.2) is 5.90 Å². The van der Waals surface area contributed by atoms with Crippen molar-refractivity contribution in [1.82, 2.24) is 26.6 Å². The zero-order valence-corrected chi connectivity index (χ0v) is 20.8. The minimum absolute atomic E-state index is 0.0461. The number of rotatable bonds is 24. The summed E-state index contributed by atoms with van der Waals surface area (Å²) in [4.78, 5) is 17.0. The molecule has 0 aromatic heterocycles. The zero-order valence-electron chi connectivity index (χ0n) is 20.8. The van der Waals surface area contributed by atoms with E-state index in [2.05, 4.69) is 26.6 Å². The highest BCUT2D eigenvalue weighted by atomic mass is 16.6. The van der Waals surface area contributed by atoms with Gasteiger partial charge in [0.25, 0.3) is 0 Å². The van der Waals surface area contributed by atoms with E-state index in [4.69, 9.17) is 15.5 Å². The highest BCUT2D eigenvalue weighted by Gasteiger charge is 2.33. The maximum Gasteiger partial charge on any atom is 0.309 e. The third-order valence-corrected chi connectivity index (χ3v) is 5.80. The fraction of sp³-hybridized carbons (Fsp3) is 0.955. The van der Waals surface area contributed by atoms with Crippen LogP contribution >= 0.6 is 0 Å². The Kier molecular flexibility index (Phi) is 21.4. The van der Waals surface area contributed by atoms with Crippen LogP contribution in [0.2, 0.25) is 0 Å². The number of likely N-dealkylation sites (N-methyl/N-ethyl adjacent to an activating group) is 1. The van der Waals surface area contributed by atoms with E-state index in [1.165, 1.54) is 0 Å². The number of nitrogens with two attached hydrogens (primary N) is 1. The molecule has 32 heavy (non-hydrogen) atoms. The summed E-state index contributed by atoms with van der Waals surface area (Å²) in [6.07, 6.45) is 7.71. The molecule has 8 N–H and O–H groups in total. The number of carbonyl (C=O) groups is 1. The first kappa shape index (κ1) is 31.1. The number of carboxylic acid groups (broad SMARTS) is 1. The first-order valence-electron chi connectivity index (χ1n) is 12.1. The smallest absolute Gasteiger partial charge is 0.309 e. The second-order valence-corrected chi connectivity index (χ2v) is 8.22. The SMILES string of the molecule is CNCCCCC(NC)OCNCCCCC(C(=O)O)C(ON)C(CCCCNC)NC. The molecule has 192 valence electrons. The van der Waals surface area contributed by atoms with Crippen LogP contribution in [0.1, 0.15) is 57.8 Å². The lowest BCUT2D eigenvalue weighted by Gasteiger charge is -2.30. The van der Waals surface area contributed by atoms with E-state index in [1.807, 2.05) is 28.2 Å². The molecule has 0 aliphatic carbocycles. The van der Waals surface area contributed by atoms with Crippen LogP contribution < -0.4 is 32.5 Å². The zero-order chi connectivity index (χ0) is 24.0. The summed E-state index contributed by atoms with van der Waals surface area (Å²) in [6, 6.07) is -0.0870. The lowest BCUT2D eigenvalue weighted by Crippen LogP contribution is -2.47. The number of unbranched alkanes of at least 4 members (excludes halogenated alkanes) is 3. The maximum atomic E-state index is 11.9. The molecule has 0 fully saturated rings. The molecular formula is C22H50N6O4. The Bertz CT molecular complexity index is 433. The normalized spacial score (nSPS) is 15.4. The van der Waals surface area contributed by atoms with Gasteiger partial charge < -0.3 is 25.8 Å². The van der Waals surface area contributed by atoms with Crippen LogP contribution in [-0.4, -0.2) is 84.0 Å². The molecule has 0 heterocycles. The van der Waals surface area contributed by atoms with Crippen molar-refractivity contribution in [2.45, 2.75) is 76.2 Å². The quantitative estimate of drug-likeness (QED) is 0.0619.